The Hall–Kier alpha value is -2.47. The minimum atomic E-state index is -0.985. The SMILES string of the molecule is COc1cccc(OCCOc2ccc(C=CC(=O)O)cc2Br)c1. The van der Waals surface area contributed by atoms with E-state index in [0.717, 1.165) is 21.9 Å². The lowest BCUT2D eigenvalue weighted by molar-refractivity contribution is -0.131. The molecule has 0 bridgehead atoms. The molecule has 0 unspecified atom stereocenters. The molecule has 0 radical (unpaired) electrons. The van der Waals surface area contributed by atoms with E-state index in [1.165, 1.54) is 6.08 Å². The predicted molar refractivity (Wildman–Crippen MR) is 94.8 cm³/mol. The Morgan fingerprint density at radius 1 is 1.12 bits per heavy atom. The van der Waals surface area contributed by atoms with E-state index in [1.54, 1.807) is 31.4 Å². The molecule has 0 aliphatic rings. The molecule has 126 valence electrons. The topological polar surface area (TPSA) is 65.0 Å². The smallest absolute Gasteiger partial charge is 0.328 e. The molecule has 2 aromatic carbocycles. The van der Waals surface area contributed by atoms with E-state index >= 15 is 0 Å². The Morgan fingerprint density at radius 3 is 2.58 bits per heavy atom. The van der Waals surface area contributed by atoms with Gasteiger partial charge < -0.3 is 19.3 Å². The molecule has 0 spiro atoms. The standard InChI is InChI=1S/C18H17BrO5/c1-22-14-3-2-4-15(12-14)23-9-10-24-17-7-5-13(11-16(17)19)6-8-18(20)21/h2-8,11-12H,9-10H2,1H3,(H,20,21). The average Bonchev–Trinajstić information content (AvgIpc) is 2.58. The van der Waals surface area contributed by atoms with Gasteiger partial charge >= 0.3 is 5.97 Å². The van der Waals surface area contributed by atoms with Gasteiger partial charge in [0.1, 0.15) is 30.5 Å². The molecule has 0 saturated carbocycles. The molecule has 2 rings (SSSR count). The highest BCUT2D eigenvalue weighted by atomic mass is 79.9. The van der Waals surface area contributed by atoms with E-state index in [0.29, 0.717) is 24.7 Å². The number of methoxy groups -OCH3 is 1. The lowest BCUT2D eigenvalue weighted by atomic mass is 10.2. The molecule has 0 aliphatic heterocycles. The summed E-state index contributed by atoms with van der Waals surface area (Å²) in [6.07, 6.45) is 2.60. The highest BCUT2D eigenvalue weighted by Crippen LogP contribution is 2.26. The number of aliphatic carboxylic acids is 1. The molecule has 5 nitrogen and oxygen atoms in total. The van der Waals surface area contributed by atoms with Crippen LogP contribution in [0.2, 0.25) is 0 Å². The van der Waals surface area contributed by atoms with Gasteiger partial charge in [0.25, 0.3) is 0 Å². The van der Waals surface area contributed by atoms with Gasteiger partial charge in [0.05, 0.1) is 11.6 Å². The fourth-order valence-electron chi connectivity index (χ4n) is 1.91. The Labute approximate surface area is 148 Å². The Balaban J connectivity index is 1.84. The third kappa shape index (κ3) is 5.62. The molecule has 24 heavy (non-hydrogen) atoms. The fraction of sp³-hybridized carbons (Fsp3) is 0.167. The highest BCUT2D eigenvalue weighted by Gasteiger charge is 2.03. The van der Waals surface area contributed by atoms with Crippen molar-refractivity contribution in [3.63, 3.8) is 0 Å². The number of hydrogen-bond donors (Lipinski definition) is 1. The van der Waals surface area contributed by atoms with Crippen molar-refractivity contribution < 1.29 is 24.1 Å². The van der Waals surface area contributed by atoms with Crippen LogP contribution in [0.4, 0.5) is 0 Å². The summed E-state index contributed by atoms with van der Waals surface area (Å²) < 4.78 is 17.1. The van der Waals surface area contributed by atoms with E-state index in [1.807, 2.05) is 18.2 Å². The zero-order chi connectivity index (χ0) is 17.4. The number of ether oxygens (including phenoxy) is 3. The van der Waals surface area contributed by atoms with E-state index in [9.17, 15) is 4.79 Å². The Bertz CT molecular complexity index is 727. The maximum Gasteiger partial charge on any atom is 0.328 e. The molecule has 0 amide bonds. The number of benzene rings is 2. The van der Waals surface area contributed by atoms with Crippen LogP contribution in [0.25, 0.3) is 6.08 Å². The van der Waals surface area contributed by atoms with Gasteiger partial charge in [-0.2, -0.15) is 0 Å². The van der Waals surface area contributed by atoms with Gasteiger partial charge in [0.15, 0.2) is 0 Å². The molecule has 0 saturated heterocycles. The Morgan fingerprint density at radius 2 is 1.88 bits per heavy atom. The van der Waals surface area contributed by atoms with E-state index in [2.05, 4.69) is 15.9 Å². The minimum absolute atomic E-state index is 0.375. The molecule has 0 atom stereocenters. The van der Waals surface area contributed by atoms with Crippen molar-refractivity contribution in [3.8, 4) is 17.2 Å². The lowest BCUT2D eigenvalue weighted by Crippen LogP contribution is -2.09. The van der Waals surface area contributed by atoms with Gasteiger partial charge in [-0.25, -0.2) is 4.79 Å². The van der Waals surface area contributed by atoms with Crippen LogP contribution < -0.4 is 14.2 Å². The minimum Gasteiger partial charge on any atom is -0.497 e. The zero-order valence-corrected chi connectivity index (χ0v) is 14.7. The van der Waals surface area contributed by atoms with E-state index in [-0.39, 0.29) is 0 Å². The van der Waals surface area contributed by atoms with Crippen LogP contribution in [0.1, 0.15) is 5.56 Å². The zero-order valence-electron chi connectivity index (χ0n) is 13.1. The summed E-state index contributed by atoms with van der Waals surface area (Å²) in [6.45, 7) is 0.764. The van der Waals surface area contributed by atoms with Crippen LogP contribution in [0.5, 0.6) is 17.2 Å². The van der Waals surface area contributed by atoms with Crippen molar-refractivity contribution in [2.75, 3.05) is 20.3 Å². The first kappa shape index (κ1) is 17.9. The van der Waals surface area contributed by atoms with Gasteiger partial charge in [-0.3, -0.25) is 0 Å². The van der Waals surface area contributed by atoms with Crippen LogP contribution in [-0.2, 0) is 4.79 Å². The third-order valence-electron chi connectivity index (χ3n) is 3.03. The quantitative estimate of drug-likeness (QED) is 0.542. The van der Waals surface area contributed by atoms with Crippen LogP contribution >= 0.6 is 15.9 Å². The molecule has 6 heteroatoms. The molecule has 2 aromatic rings. The van der Waals surface area contributed by atoms with E-state index in [4.69, 9.17) is 19.3 Å². The first-order valence-electron chi connectivity index (χ1n) is 7.18. The number of carboxylic acid groups (broad SMARTS) is 1. The summed E-state index contributed by atoms with van der Waals surface area (Å²) in [7, 11) is 1.61. The number of carbonyl (C=O) groups is 1. The second kappa shape index (κ2) is 8.98. The molecule has 0 aromatic heterocycles. The maximum atomic E-state index is 10.5. The summed E-state index contributed by atoms with van der Waals surface area (Å²) in [5.74, 6) is 1.13. The predicted octanol–water partition coefficient (Wildman–Crippen LogP) is 4.01. The first-order chi connectivity index (χ1) is 11.6. The van der Waals surface area contributed by atoms with Crippen LogP contribution in [-0.4, -0.2) is 31.4 Å². The van der Waals surface area contributed by atoms with Crippen molar-refractivity contribution in [2.45, 2.75) is 0 Å². The molecule has 0 heterocycles. The number of hydrogen-bond acceptors (Lipinski definition) is 4. The summed E-state index contributed by atoms with van der Waals surface area (Å²) in [4.78, 5) is 10.5. The average molecular weight is 393 g/mol. The number of carboxylic acids is 1. The fourth-order valence-corrected chi connectivity index (χ4v) is 2.42. The molecule has 0 fully saturated rings. The van der Waals surface area contributed by atoms with Crippen molar-refractivity contribution in [1.82, 2.24) is 0 Å². The van der Waals surface area contributed by atoms with Crippen LogP contribution in [0, 0.1) is 0 Å². The van der Waals surface area contributed by atoms with Crippen molar-refractivity contribution in [3.05, 3.63) is 58.6 Å². The molecular formula is C18H17BrO5. The molecule has 1 N–H and O–H groups in total. The van der Waals surface area contributed by atoms with Crippen molar-refractivity contribution >= 4 is 28.0 Å². The second-order valence-corrected chi connectivity index (χ2v) is 5.59. The first-order valence-corrected chi connectivity index (χ1v) is 7.98. The third-order valence-corrected chi connectivity index (χ3v) is 3.64. The largest absolute Gasteiger partial charge is 0.497 e. The van der Waals surface area contributed by atoms with Crippen molar-refractivity contribution in [2.24, 2.45) is 0 Å². The summed E-state index contributed by atoms with van der Waals surface area (Å²) in [5.41, 5.74) is 0.768. The van der Waals surface area contributed by atoms with Gasteiger partial charge in [-0.1, -0.05) is 12.1 Å². The lowest BCUT2D eigenvalue weighted by Gasteiger charge is -2.10. The van der Waals surface area contributed by atoms with Gasteiger partial charge in [-0.05, 0) is 51.8 Å². The van der Waals surface area contributed by atoms with E-state index < -0.39 is 5.97 Å². The van der Waals surface area contributed by atoms with Gasteiger partial charge in [0.2, 0.25) is 0 Å². The van der Waals surface area contributed by atoms with Gasteiger partial charge in [0, 0.05) is 12.1 Å². The summed E-state index contributed by atoms with van der Waals surface area (Å²) in [5, 5.41) is 8.62. The Kier molecular flexibility index (Phi) is 6.69. The van der Waals surface area contributed by atoms with Crippen molar-refractivity contribution in [1.29, 1.82) is 0 Å². The summed E-state index contributed by atoms with van der Waals surface area (Å²) in [6, 6.07) is 12.7. The molecule has 0 aliphatic carbocycles. The van der Waals surface area contributed by atoms with Gasteiger partial charge in [-0.15, -0.1) is 0 Å². The maximum absolute atomic E-state index is 10.5. The van der Waals surface area contributed by atoms with Crippen LogP contribution in [0.3, 0.4) is 0 Å². The highest BCUT2D eigenvalue weighted by molar-refractivity contribution is 9.10. The summed E-state index contributed by atoms with van der Waals surface area (Å²) >= 11 is 3.41. The second-order valence-electron chi connectivity index (χ2n) is 4.74. The normalized spacial score (nSPS) is 10.6. The number of halogens is 1. The monoisotopic (exact) mass is 392 g/mol. The number of rotatable bonds is 8. The van der Waals surface area contributed by atoms with Crippen LogP contribution in [0.15, 0.2) is 53.0 Å². The molecular weight excluding hydrogens is 376 g/mol.